The van der Waals surface area contributed by atoms with Crippen LogP contribution in [0.2, 0.25) is 0 Å². The molecule has 0 spiro atoms. The molecule has 0 radical (unpaired) electrons. The molecule has 7 rings (SSSR count). The van der Waals surface area contributed by atoms with E-state index >= 15 is 0 Å². The number of aryl methyl sites for hydroxylation is 1. The Labute approximate surface area is 230 Å². The molecule has 0 bridgehead atoms. The summed E-state index contributed by atoms with van der Waals surface area (Å²) in [6.45, 7) is 1.05. The van der Waals surface area contributed by atoms with Crippen LogP contribution in [0.4, 0.5) is 11.5 Å². The van der Waals surface area contributed by atoms with E-state index in [9.17, 15) is 10.1 Å². The average molecular weight is 528 g/mol. The number of hydrogen-bond donors (Lipinski definition) is 1. The number of benzene rings is 2. The van der Waals surface area contributed by atoms with Gasteiger partial charge < -0.3 is 9.73 Å². The summed E-state index contributed by atoms with van der Waals surface area (Å²) in [7, 11) is 1.82. The molecule has 9 nitrogen and oxygen atoms in total. The number of amides is 1. The Morgan fingerprint density at radius 2 is 1.98 bits per heavy atom. The van der Waals surface area contributed by atoms with Crippen LogP contribution in [0.3, 0.4) is 0 Å². The molecule has 5 aromatic rings. The highest BCUT2D eigenvalue weighted by Crippen LogP contribution is 2.43. The Morgan fingerprint density at radius 1 is 1.07 bits per heavy atom. The lowest BCUT2D eigenvalue weighted by Gasteiger charge is -2.18. The van der Waals surface area contributed by atoms with E-state index in [4.69, 9.17) is 9.40 Å². The second-order valence-corrected chi connectivity index (χ2v) is 10.3. The Kier molecular flexibility index (Phi) is 5.67. The molecule has 1 fully saturated rings. The van der Waals surface area contributed by atoms with Gasteiger partial charge in [0, 0.05) is 36.3 Å². The van der Waals surface area contributed by atoms with Gasteiger partial charge in [0.05, 0.1) is 30.1 Å². The maximum absolute atomic E-state index is 13.7. The van der Waals surface area contributed by atoms with Gasteiger partial charge in [0.25, 0.3) is 5.91 Å². The van der Waals surface area contributed by atoms with E-state index in [1.165, 1.54) is 0 Å². The molecule has 1 N–H and O–H groups in total. The van der Waals surface area contributed by atoms with Gasteiger partial charge in [0.2, 0.25) is 0 Å². The number of furan rings is 1. The van der Waals surface area contributed by atoms with Crippen molar-refractivity contribution in [3.63, 3.8) is 0 Å². The quantitative estimate of drug-likeness (QED) is 0.291. The number of pyridine rings is 1. The van der Waals surface area contributed by atoms with Crippen LogP contribution in [0.25, 0.3) is 22.5 Å². The fraction of sp³-hybridized carbons (Fsp3) is 0.194. The third kappa shape index (κ3) is 4.39. The lowest BCUT2D eigenvalue weighted by atomic mass is 9.96. The second-order valence-electron chi connectivity index (χ2n) is 10.3. The molecule has 9 heteroatoms. The lowest BCUT2D eigenvalue weighted by Crippen LogP contribution is -2.24. The third-order valence-electron chi connectivity index (χ3n) is 7.40. The first kappa shape index (κ1) is 23.9. The van der Waals surface area contributed by atoms with E-state index in [1.807, 2.05) is 49.5 Å². The van der Waals surface area contributed by atoms with Crippen LogP contribution in [0, 0.1) is 11.3 Å². The van der Waals surface area contributed by atoms with Gasteiger partial charge in [-0.25, -0.2) is 9.97 Å². The number of hydrogen-bond acceptors (Lipinski definition) is 7. The van der Waals surface area contributed by atoms with Crippen LogP contribution in [0.15, 0.2) is 77.9 Å². The van der Waals surface area contributed by atoms with Gasteiger partial charge in [-0.15, -0.1) is 0 Å². The third-order valence-corrected chi connectivity index (χ3v) is 7.40. The minimum absolute atomic E-state index is 0.0574. The summed E-state index contributed by atoms with van der Waals surface area (Å²) in [6, 6.07) is 19.7. The van der Waals surface area contributed by atoms with Crippen LogP contribution >= 0.6 is 0 Å². The maximum Gasteiger partial charge on any atom is 0.260 e. The predicted octanol–water partition coefficient (Wildman–Crippen LogP) is 5.66. The topological polar surface area (TPSA) is 113 Å². The fourth-order valence-electron chi connectivity index (χ4n) is 5.14. The number of nitriles is 1. The van der Waals surface area contributed by atoms with Crippen molar-refractivity contribution in [2.24, 2.45) is 7.05 Å². The Balaban J connectivity index is 1.25. The van der Waals surface area contributed by atoms with E-state index < -0.39 is 0 Å². The zero-order valence-corrected chi connectivity index (χ0v) is 21.8. The zero-order valence-electron chi connectivity index (χ0n) is 21.8. The van der Waals surface area contributed by atoms with Gasteiger partial charge in [0.1, 0.15) is 18.4 Å². The fourth-order valence-corrected chi connectivity index (χ4v) is 5.14. The summed E-state index contributed by atoms with van der Waals surface area (Å²) in [5.74, 6) is 1.50. The summed E-state index contributed by atoms with van der Waals surface area (Å²) >= 11 is 0. The van der Waals surface area contributed by atoms with E-state index in [0.717, 1.165) is 52.0 Å². The normalized spacial score (nSPS) is 14.3. The number of nitrogens with zero attached hydrogens (tertiary/aromatic N) is 6. The van der Waals surface area contributed by atoms with Gasteiger partial charge in [-0.05, 0) is 71.5 Å². The van der Waals surface area contributed by atoms with Crippen molar-refractivity contribution >= 4 is 17.4 Å². The van der Waals surface area contributed by atoms with E-state index in [-0.39, 0.29) is 5.91 Å². The molecule has 0 saturated heterocycles. The SMILES string of the molecule is Cn1cnc(-c2cc(C#N)ccc2-c2cc(C3CC3)nc(N3Cc4ccc(CNc5ccoc5)cc4C3=O)c2)n1. The van der Waals surface area contributed by atoms with Crippen LogP contribution in [0.1, 0.15) is 51.5 Å². The van der Waals surface area contributed by atoms with Crippen molar-refractivity contribution in [2.75, 3.05) is 10.2 Å². The molecule has 3 aromatic heterocycles. The predicted molar refractivity (Wildman–Crippen MR) is 149 cm³/mol. The summed E-state index contributed by atoms with van der Waals surface area (Å²) in [6.07, 6.45) is 7.08. The Bertz CT molecular complexity index is 1790. The molecule has 40 heavy (non-hydrogen) atoms. The lowest BCUT2D eigenvalue weighted by molar-refractivity contribution is 0.0996. The van der Waals surface area contributed by atoms with Crippen molar-refractivity contribution in [3.8, 4) is 28.6 Å². The van der Waals surface area contributed by atoms with Gasteiger partial charge >= 0.3 is 0 Å². The maximum atomic E-state index is 13.7. The number of fused-ring (bicyclic) bond motifs is 1. The summed E-state index contributed by atoms with van der Waals surface area (Å²) < 4.78 is 6.77. The van der Waals surface area contributed by atoms with Crippen LogP contribution in [0.5, 0.6) is 0 Å². The minimum Gasteiger partial charge on any atom is -0.470 e. The summed E-state index contributed by atoms with van der Waals surface area (Å²) in [4.78, 5) is 24.9. The highest BCUT2D eigenvalue weighted by molar-refractivity contribution is 6.10. The number of carbonyl (C=O) groups is 1. The molecule has 0 atom stereocenters. The van der Waals surface area contributed by atoms with Crippen molar-refractivity contribution in [2.45, 2.75) is 31.8 Å². The molecule has 4 heterocycles. The number of rotatable bonds is 7. The molecule has 2 aromatic carbocycles. The molecule has 1 aliphatic carbocycles. The molecule has 2 aliphatic rings. The highest BCUT2D eigenvalue weighted by atomic mass is 16.3. The van der Waals surface area contributed by atoms with E-state index in [1.54, 1.807) is 34.5 Å². The molecule has 196 valence electrons. The Morgan fingerprint density at radius 3 is 2.73 bits per heavy atom. The van der Waals surface area contributed by atoms with Crippen molar-refractivity contribution < 1.29 is 9.21 Å². The van der Waals surface area contributed by atoms with Gasteiger partial charge in [-0.1, -0.05) is 18.2 Å². The van der Waals surface area contributed by atoms with Crippen LogP contribution < -0.4 is 10.2 Å². The standard InChI is InChI=1S/C31H25N7O2/c1-37-18-34-30(36-37)27-10-19(14-32)3-7-25(27)23-12-28(21-5-6-21)35-29(13-23)38-16-22-4-2-20(11-26(22)31(38)39)15-33-24-8-9-40-17-24/h2-4,7-13,17-18,21,33H,5-6,15-16H2,1H3. The first-order valence-electron chi connectivity index (χ1n) is 13.2. The van der Waals surface area contributed by atoms with Crippen LogP contribution in [-0.4, -0.2) is 25.7 Å². The minimum atomic E-state index is -0.0574. The summed E-state index contributed by atoms with van der Waals surface area (Å²) in [5.41, 5.74) is 7.68. The monoisotopic (exact) mass is 527 g/mol. The molecule has 1 aliphatic heterocycles. The van der Waals surface area contributed by atoms with Gasteiger partial charge in [-0.2, -0.15) is 10.4 Å². The first-order chi connectivity index (χ1) is 19.6. The van der Waals surface area contributed by atoms with Gasteiger partial charge in [0.15, 0.2) is 5.82 Å². The largest absolute Gasteiger partial charge is 0.470 e. The zero-order chi connectivity index (χ0) is 27.2. The van der Waals surface area contributed by atoms with Crippen molar-refractivity contribution in [1.29, 1.82) is 5.26 Å². The van der Waals surface area contributed by atoms with Crippen molar-refractivity contribution in [1.82, 2.24) is 19.7 Å². The Hall–Kier alpha value is -5.23. The van der Waals surface area contributed by atoms with Crippen LogP contribution in [-0.2, 0) is 20.1 Å². The molecular formula is C31H25N7O2. The number of aromatic nitrogens is 4. The highest BCUT2D eigenvalue weighted by Gasteiger charge is 2.32. The molecule has 1 saturated carbocycles. The smallest absolute Gasteiger partial charge is 0.260 e. The molecular weight excluding hydrogens is 502 g/mol. The number of nitrogens with one attached hydrogen (secondary N) is 1. The van der Waals surface area contributed by atoms with Gasteiger partial charge in [-0.3, -0.25) is 14.4 Å². The van der Waals surface area contributed by atoms with E-state index in [2.05, 4.69) is 27.5 Å². The number of anilines is 2. The van der Waals surface area contributed by atoms with Crippen molar-refractivity contribution in [3.05, 3.63) is 101 Å². The van der Waals surface area contributed by atoms with E-state index in [0.29, 0.717) is 41.8 Å². The second kappa shape index (κ2) is 9.50. The first-order valence-corrected chi connectivity index (χ1v) is 13.2. The number of carbonyl (C=O) groups excluding carboxylic acids is 1. The molecule has 1 amide bonds. The summed E-state index contributed by atoms with van der Waals surface area (Å²) in [5, 5.41) is 17.4. The molecule has 0 unspecified atom stereocenters. The average Bonchev–Trinajstić information content (AvgIpc) is 3.36.